The minimum absolute atomic E-state index is 0.235. The van der Waals surface area contributed by atoms with Crippen molar-refractivity contribution in [3.8, 4) is 10.6 Å². The zero-order valence-corrected chi connectivity index (χ0v) is 16.4. The zero-order chi connectivity index (χ0) is 19.2. The van der Waals surface area contributed by atoms with Gasteiger partial charge in [0, 0.05) is 32.1 Å². The predicted molar refractivity (Wildman–Crippen MR) is 107 cm³/mol. The lowest BCUT2D eigenvalue weighted by atomic mass is 10.2. The molecule has 2 N–H and O–H groups in total. The monoisotopic (exact) mass is 387 g/mol. The first-order valence-corrected chi connectivity index (χ1v) is 9.45. The van der Waals surface area contributed by atoms with Crippen LogP contribution in [0.4, 0.5) is 21.2 Å². The Kier molecular flexibility index (Phi) is 6.31. The molecule has 0 amide bonds. The normalized spacial score (nSPS) is 10.8. The molecule has 27 heavy (non-hydrogen) atoms. The van der Waals surface area contributed by atoms with Gasteiger partial charge in [0.1, 0.15) is 5.82 Å². The van der Waals surface area contributed by atoms with E-state index in [1.165, 1.54) is 6.07 Å². The number of hydrogen-bond acceptors (Lipinski definition) is 7. The highest BCUT2D eigenvalue weighted by molar-refractivity contribution is 7.19. The van der Waals surface area contributed by atoms with Gasteiger partial charge in [-0.3, -0.25) is 0 Å². The van der Waals surface area contributed by atoms with Crippen molar-refractivity contribution in [2.45, 2.75) is 20.3 Å². The number of thiazole rings is 1. The highest BCUT2D eigenvalue weighted by Crippen LogP contribution is 2.32. The lowest BCUT2D eigenvalue weighted by molar-refractivity contribution is 0.198. The molecule has 0 aliphatic rings. The molecular weight excluding hydrogens is 365 g/mol. The Morgan fingerprint density at radius 2 is 2.04 bits per heavy atom. The summed E-state index contributed by atoms with van der Waals surface area (Å²) in [7, 11) is 1.69. The minimum atomic E-state index is -0.235. The maximum atomic E-state index is 13.4. The predicted octanol–water partition coefficient (Wildman–Crippen LogP) is 4.55. The molecule has 2 aromatic heterocycles. The number of rotatable bonds is 8. The first-order valence-electron chi connectivity index (χ1n) is 8.63. The molecular formula is C19H22FN5OS. The van der Waals surface area contributed by atoms with Crippen molar-refractivity contribution in [2.24, 2.45) is 0 Å². The molecule has 0 atom stereocenters. The Hall–Kier alpha value is -2.58. The van der Waals surface area contributed by atoms with E-state index in [1.807, 2.05) is 13.0 Å². The summed E-state index contributed by atoms with van der Waals surface area (Å²) in [5, 5.41) is 7.29. The second-order valence-electron chi connectivity index (χ2n) is 6.06. The van der Waals surface area contributed by atoms with Gasteiger partial charge < -0.3 is 15.4 Å². The SMILES string of the molecule is COCCCNc1nc(C)c(-c2ccnc(Nc3ccc(F)c(C)c3)n2)s1. The van der Waals surface area contributed by atoms with E-state index in [0.717, 1.165) is 40.0 Å². The molecule has 1 aromatic carbocycles. The first-order chi connectivity index (χ1) is 13.1. The number of nitrogens with zero attached hydrogens (tertiary/aromatic N) is 3. The van der Waals surface area contributed by atoms with Crippen LogP contribution in [0.25, 0.3) is 10.6 Å². The number of aromatic nitrogens is 3. The maximum absolute atomic E-state index is 13.4. The fraction of sp³-hybridized carbons (Fsp3) is 0.316. The number of nitrogens with one attached hydrogen (secondary N) is 2. The van der Waals surface area contributed by atoms with Crippen molar-refractivity contribution >= 4 is 28.1 Å². The molecule has 3 aromatic rings. The molecule has 0 aliphatic carbocycles. The molecule has 0 unspecified atom stereocenters. The first kappa shape index (κ1) is 19.2. The van der Waals surface area contributed by atoms with Crippen LogP contribution in [0.2, 0.25) is 0 Å². The average molecular weight is 387 g/mol. The van der Waals surface area contributed by atoms with Crippen LogP contribution in [0.15, 0.2) is 30.5 Å². The van der Waals surface area contributed by atoms with Gasteiger partial charge in [-0.1, -0.05) is 11.3 Å². The van der Waals surface area contributed by atoms with Crippen molar-refractivity contribution in [1.29, 1.82) is 0 Å². The third-order valence-electron chi connectivity index (χ3n) is 3.90. The molecule has 6 nitrogen and oxygen atoms in total. The van der Waals surface area contributed by atoms with Crippen LogP contribution >= 0.6 is 11.3 Å². The van der Waals surface area contributed by atoms with Gasteiger partial charge in [0.25, 0.3) is 0 Å². The van der Waals surface area contributed by atoms with Gasteiger partial charge in [-0.15, -0.1) is 0 Å². The molecule has 0 aliphatic heterocycles. The standard InChI is InChI=1S/C19H22FN5OS/c1-12-11-14(5-6-15(12)20)24-18-21-9-7-16(25-18)17-13(2)23-19(27-17)22-8-4-10-26-3/h5-7,9,11H,4,8,10H2,1-3H3,(H,22,23)(H,21,24,25). The molecule has 0 saturated carbocycles. The number of halogens is 1. The minimum Gasteiger partial charge on any atom is -0.385 e. The second kappa shape index (κ2) is 8.88. The summed E-state index contributed by atoms with van der Waals surface area (Å²) >= 11 is 1.56. The molecule has 0 bridgehead atoms. The van der Waals surface area contributed by atoms with Gasteiger partial charge in [-0.05, 0) is 50.1 Å². The summed E-state index contributed by atoms with van der Waals surface area (Å²) in [6.45, 7) is 5.21. The number of aryl methyl sites for hydroxylation is 2. The van der Waals surface area contributed by atoms with E-state index in [-0.39, 0.29) is 5.82 Å². The van der Waals surface area contributed by atoms with Gasteiger partial charge in [-0.2, -0.15) is 0 Å². The van der Waals surface area contributed by atoms with Crippen LogP contribution in [0.3, 0.4) is 0 Å². The van der Waals surface area contributed by atoms with E-state index in [9.17, 15) is 4.39 Å². The van der Waals surface area contributed by atoms with Crippen LogP contribution in [0.5, 0.6) is 0 Å². The third kappa shape index (κ3) is 4.99. The van der Waals surface area contributed by atoms with Crippen molar-refractivity contribution in [3.05, 3.63) is 47.5 Å². The van der Waals surface area contributed by atoms with Gasteiger partial charge >= 0.3 is 0 Å². The molecule has 0 saturated heterocycles. The zero-order valence-electron chi connectivity index (χ0n) is 15.5. The topological polar surface area (TPSA) is 72.0 Å². The average Bonchev–Trinajstić information content (AvgIpc) is 3.03. The van der Waals surface area contributed by atoms with E-state index in [4.69, 9.17) is 4.74 Å². The van der Waals surface area contributed by atoms with Gasteiger partial charge in [0.05, 0.1) is 16.3 Å². The highest BCUT2D eigenvalue weighted by atomic mass is 32.1. The molecule has 2 heterocycles. The van der Waals surface area contributed by atoms with Gasteiger partial charge in [-0.25, -0.2) is 19.3 Å². The molecule has 142 valence electrons. The molecule has 0 fully saturated rings. The molecule has 3 rings (SSSR count). The van der Waals surface area contributed by atoms with E-state index in [0.29, 0.717) is 18.1 Å². The van der Waals surface area contributed by atoms with Crippen LogP contribution < -0.4 is 10.6 Å². The Morgan fingerprint density at radius 3 is 2.81 bits per heavy atom. The number of methoxy groups -OCH3 is 1. The fourth-order valence-electron chi connectivity index (χ4n) is 2.52. The Balaban J connectivity index is 1.75. The summed E-state index contributed by atoms with van der Waals surface area (Å²) < 4.78 is 18.5. The van der Waals surface area contributed by atoms with Crippen LogP contribution in [-0.2, 0) is 4.74 Å². The number of anilines is 3. The lowest BCUT2D eigenvalue weighted by Gasteiger charge is -2.07. The highest BCUT2D eigenvalue weighted by Gasteiger charge is 2.12. The van der Waals surface area contributed by atoms with Gasteiger partial charge in [0.15, 0.2) is 5.13 Å². The maximum Gasteiger partial charge on any atom is 0.227 e. The van der Waals surface area contributed by atoms with Crippen molar-refractivity contribution in [2.75, 3.05) is 30.9 Å². The van der Waals surface area contributed by atoms with E-state index < -0.39 is 0 Å². The Bertz CT molecular complexity index is 915. The fourth-order valence-corrected chi connectivity index (χ4v) is 3.48. The molecule has 0 spiro atoms. The van der Waals surface area contributed by atoms with Crippen molar-refractivity contribution in [1.82, 2.24) is 15.0 Å². The summed E-state index contributed by atoms with van der Waals surface area (Å²) in [6, 6.07) is 6.68. The Morgan fingerprint density at radius 1 is 1.19 bits per heavy atom. The van der Waals surface area contributed by atoms with Gasteiger partial charge in [0.2, 0.25) is 5.95 Å². The number of hydrogen-bond donors (Lipinski definition) is 2. The molecule has 8 heteroatoms. The quantitative estimate of drug-likeness (QED) is 0.553. The van der Waals surface area contributed by atoms with Crippen molar-refractivity contribution < 1.29 is 9.13 Å². The van der Waals surface area contributed by atoms with Crippen LogP contribution in [0, 0.1) is 19.7 Å². The summed E-state index contributed by atoms with van der Waals surface area (Å²) in [6.07, 6.45) is 2.62. The lowest BCUT2D eigenvalue weighted by Crippen LogP contribution is -2.04. The Labute approximate surface area is 161 Å². The van der Waals surface area contributed by atoms with Crippen LogP contribution in [0.1, 0.15) is 17.7 Å². The van der Waals surface area contributed by atoms with E-state index in [2.05, 4.69) is 25.6 Å². The second-order valence-corrected chi connectivity index (χ2v) is 7.06. The number of ether oxygens (including phenoxy) is 1. The smallest absolute Gasteiger partial charge is 0.227 e. The number of benzene rings is 1. The summed E-state index contributed by atoms with van der Waals surface area (Å²) in [5.41, 5.74) is 3.02. The summed E-state index contributed by atoms with van der Waals surface area (Å²) in [5.74, 6) is 0.224. The third-order valence-corrected chi connectivity index (χ3v) is 5.04. The summed E-state index contributed by atoms with van der Waals surface area (Å²) in [4.78, 5) is 14.4. The largest absolute Gasteiger partial charge is 0.385 e. The van der Waals surface area contributed by atoms with Crippen LogP contribution in [-0.4, -0.2) is 35.2 Å². The molecule has 0 radical (unpaired) electrons. The van der Waals surface area contributed by atoms with E-state index >= 15 is 0 Å². The van der Waals surface area contributed by atoms with E-state index in [1.54, 1.807) is 43.7 Å². The van der Waals surface area contributed by atoms with Crippen molar-refractivity contribution in [3.63, 3.8) is 0 Å².